The standard InChI is InChI=1S/C25H21ClN2O3S2/c1-17-13-14-19(15-22(17)26)27-25(29)23-24(21(16-32-23)18-9-5-3-6-10-18)33(30,31)28(2)20-11-7-4-8-12-20/h3-16H,1-2H3,(H,27,29). The fraction of sp³-hybridized carbons (Fsp3) is 0.0800. The number of aryl methyl sites for hydroxylation is 1. The minimum Gasteiger partial charge on any atom is -0.321 e. The van der Waals surface area contributed by atoms with Crippen LogP contribution in [0.15, 0.2) is 89.1 Å². The Balaban J connectivity index is 1.82. The molecule has 0 unspecified atom stereocenters. The maximum absolute atomic E-state index is 13.8. The summed E-state index contributed by atoms with van der Waals surface area (Å²) in [5.74, 6) is -0.512. The van der Waals surface area contributed by atoms with Gasteiger partial charge in [-0.3, -0.25) is 9.10 Å². The van der Waals surface area contributed by atoms with Gasteiger partial charge in [0.2, 0.25) is 0 Å². The van der Waals surface area contributed by atoms with Crippen molar-refractivity contribution in [2.75, 3.05) is 16.7 Å². The van der Waals surface area contributed by atoms with Gasteiger partial charge in [-0.05, 0) is 42.3 Å². The minimum atomic E-state index is -4.05. The quantitative estimate of drug-likeness (QED) is 0.333. The van der Waals surface area contributed by atoms with E-state index in [0.717, 1.165) is 16.9 Å². The number of carbonyl (C=O) groups is 1. The number of anilines is 2. The molecule has 1 heterocycles. The highest BCUT2D eigenvalue weighted by atomic mass is 35.5. The van der Waals surface area contributed by atoms with Crippen molar-refractivity contribution in [2.24, 2.45) is 0 Å². The molecule has 0 saturated heterocycles. The first kappa shape index (κ1) is 23.0. The number of amides is 1. The zero-order valence-corrected chi connectivity index (χ0v) is 20.3. The maximum Gasteiger partial charge on any atom is 0.267 e. The van der Waals surface area contributed by atoms with Gasteiger partial charge in [-0.2, -0.15) is 0 Å². The topological polar surface area (TPSA) is 66.5 Å². The fourth-order valence-corrected chi connectivity index (χ4v) is 6.38. The molecule has 0 fully saturated rings. The molecule has 4 aromatic rings. The van der Waals surface area contributed by atoms with Crippen molar-refractivity contribution >= 4 is 50.2 Å². The molecule has 0 atom stereocenters. The molecule has 1 aromatic heterocycles. The Morgan fingerprint density at radius 1 is 0.970 bits per heavy atom. The molecule has 1 amide bonds. The lowest BCUT2D eigenvalue weighted by atomic mass is 10.1. The van der Waals surface area contributed by atoms with E-state index < -0.39 is 15.9 Å². The lowest BCUT2D eigenvalue weighted by Gasteiger charge is -2.21. The van der Waals surface area contributed by atoms with E-state index >= 15 is 0 Å². The molecule has 0 aliphatic heterocycles. The number of rotatable bonds is 6. The van der Waals surface area contributed by atoms with Crippen molar-refractivity contribution in [3.05, 3.63) is 99.7 Å². The van der Waals surface area contributed by atoms with Crippen molar-refractivity contribution in [1.82, 2.24) is 0 Å². The Hall–Kier alpha value is -3.13. The van der Waals surface area contributed by atoms with Crippen LogP contribution in [0.3, 0.4) is 0 Å². The Morgan fingerprint density at radius 2 is 1.61 bits per heavy atom. The van der Waals surface area contributed by atoms with Crippen LogP contribution in [0.1, 0.15) is 15.2 Å². The fourth-order valence-electron chi connectivity index (χ4n) is 3.35. The zero-order chi connectivity index (χ0) is 23.6. The number of benzene rings is 3. The van der Waals surface area contributed by atoms with Crippen LogP contribution in [0.25, 0.3) is 11.1 Å². The normalized spacial score (nSPS) is 11.2. The predicted octanol–water partition coefficient (Wildman–Crippen LogP) is 6.45. The third-order valence-electron chi connectivity index (χ3n) is 5.20. The molecule has 5 nitrogen and oxygen atoms in total. The minimum absolute atomic E-state index is 0.0271. The number of nitrogens with one attached hydrogen (secondary N) is 1. The number of sulfonamides is 1. The van der Waals surface area contributed by atoms with E-state index in [-0.39, 0.29) is 9.77 Å². The van der Waals surface area contributed by atoms with Gasteiger partial charge in [-0.25, -0.2) is 8.42 Å². The molecule has 0 saturated carbocycles. The van der Waals surface area contributed by atoms with E-state index in [1.54, 1.807) is 47.8 Å². The highest BCUT2D eigenvalue weighted by Crippen LogP contribution is 2.38. The molecule has 0 aliphatic rings. The summed E-state index contributed by atoms with van der Waals surface area (Å²) in [5.41, 5.74) is 3.07. The number of thiophene rings is 1. The van der Waals surface area contributed by atoms with Gasteiger partial charge in [-0.15, -0.1) is 11.3 Å². The van der Waals surface area contributed by atoms with Crippen molar-refractivity contribution in [3.63, 3.8) is 0 Å². The van der Waals surface area contributed by atoms with E-state index in [1.165, 1.54) is 11.4 Å². The third-order valence-corrected chi connectivity index (χ3v) is 8.59. The first-order chi connectivity index (χ1) is 15.8. The van der Waals surface area contributed by atoms with E-state index in [9.17, 15) is 13.2 Å². The molecule has 4 rings (SSSR count). The summed E-state index contributed by atoms with van der Waals surface area (Å²) in [4.78, 5) is 13.3. The number of halogens is 1. The van der Waals surface area contributed by atoms with Crippen LogP contribution in [-0.4, -0.2) is 21.4 Å². The van der Waals surface area contributed by atoms with Gasteiger partial charge in [0.05, 0.1) is 5.69 Å². The summed E-state index contributed by atoms with van der Waals surface area (Å²) < 4.78 is 28.8. The summed E-state index contributed by atoms with van der Waals surface area (Å²) >= 11 is 7.28. The largest absolute Gasteiger partial charge is 0.321 e. The molecule has 168 valence electrons. The summed E-state index contributed by atoms with van der Waals surface area (Å²) in [6.45, 7) is 1.86. The van der Waals surface area contributed by atoms with Crippen molar-refractivity contribution < 1.29 is 13.2 Å². The van der Waals surface area contributed by atoms with Crippen molar-refractivity contribution in [3.8, 4) is 11.1 Å². The van der Waals surface area contributed by atoms with Gasteiger partial charge in [0.25, 0.3) is 15.9 Å². The van der Waals surface area contributed by atoms with Gasteiger partial charge in [0, 0.05) is 28.7 Å². The average molecular weight is 497 g/mol. The molecule has 0 aliphatic carbocycles. The van der Waals surface area contributed by atoms with Crippen LogP contribution in [-0.2, 0) is 10.0 Å². The van der Waals surface area contributed by atoms with Crippen molar-refractivity contribution in [2.45, 2.75) is 11.8 Å². The van der Waals surface area contributed by atoms with Gasteiger partial charge in [-0.1, -0.05) is 66.2 Å². The van der Waals surface area contributed by atoms with Gasteiger partial charge < -0.3 is 5.32 Å². The summed E-state index contributed by atoms with van der Waals surface area (Å²) in [6, 6.07) is 23.1. The molecular formula is C25H21ClN2O3S2. The highest BCUT2D eigenvalue weighted by Gasteiger charge is 2.32. The zero-order valence-electron chi connectivity index (χ0n) is 17.9. The second-order valence-corrected chi connectivity index (χ2v) is 10.6. The number of hydrogen-bond donors (Lipinski definition) is 1. The highest BCUT2D eigenvalue weighted by molar-refractivity contribution is 7.93. The Morgan fingerprint density at radius 3 is 2.24 bits per heavy atom. The smallest absolute Gasteiger partial charge is 0.267 e. The van der Waals surface area contributed by atoms with E-state index in [1.807, 2.05) is 43.3 Å². The van der Waals surface area contributed by atoms with Crippen LogP contribution in [0.5, 0.6) is 0 Å². The van der Waals surface area contributed by atoms with Gasteiger partial charge >= 0.3 is 0 Å². The van der Waals surface area contributed by atoms with Crippen LogP contribution in [0, 0.1) is 6.92 Å². The maximum atomic E-state index is 13.8. The second-order valence-electron chi connectivity index (χ2n) is 7.40. The molecule has 0 spiro atoms. The SMILES string of the molecule is Cc1ccc(NC(=O)c2scc(-c3ccccc3)c2S(=O)(=O)N(C)c2ccccc2)cc1Cl. The van der Waals surface area contributed by atoms with Crippen LogP contribution >= 0.6 is 22.9 Å². The molecule has 0 bridgehead atoms. The van der Waals surface area contributed by atoms with Crippen molar-refractivity contribution in [1.29, 1.82) is 0 Å². The summed E-state index contributed by atoms with van der Waals surface area (Å²) in [5, 5.41) is 5.01. The molecular weight excluding hydrogens is 476 g/mol. The summed E-state index contributed by atoms with van der Waals surface area (Å²) in [7, 11) is -2.57. The van der Waals surface area contributed by atoms with Crippen LogP contribution in [0.4, 0.5) is 11.4 Å². The van der Waals surface area contributed by atoms with Crippen LogP contribution in [0.2, 0.25) is 5.02 Å². The molecule has 33 heavy (non-hydrogen) atoms. The third kappa shape index (κ3) is 4.66. The number of hydrogen-bond acceptors (Lipinski definition) is 4. The van der Waals surface area contributed by atoms with Gasteiger partial charge in [0.15, 0.2) is 0 Å². The lowest BCUT2D eigenvalue weighted by molar-refractivity contribution is 0.102. The first-order valence-electron chi connectivity index (χ1n) is 10.1. The Kier molecular flexibility index (Phi) is 6.56. The lowest BCUT2D eigenvalue weighted by Crippen LogP contribution is -2.28. The number of carbonyl (C=O) groups excluding carboxylic acids is 1. The van der Waals surface area contributed by atoms with Gasteiger partial charge in [0.1, 0.15) is 9.77 Å². The molecule has 8 heteroatoms. The molecule has 3 aromatic carbocycles. The summed E-state index contributed by atoms with van der Waals surface area (Å²) in [6.07, 6.45) is 0. The monoisotopic (exact) mass is 496 g/mol. The predicted molar refractivity (Wildman–Crippen MR) is 136 cm³/mol. The first-order valence-corrected chi connectivity index (χ1v) is 12.8. The Labute approximate surface area is 202 Å². The van der Waals surface area contributed by atoms with Crippen LogP contribution < -0.4 is 9.62 Å². The number of nitrogens with zero attached hydrogens (tertiary/aromatic N) is 1. The molecule has 1 N–H and O–H groups in total. The van der Waals surface area contributed by atoms with E-state index in [4.69, 9.17) is 11.6 Å². The van der Waals surface area contributed by atoms with E-state index in [2.05, 4.69) is 5.32 Å². The second kappa shape index (κ2) is 9.39. The van der Waals surface area contributed by atoms with E-state index in [0.29, 0.717) is 27.5 Å². The Bertz CT molecular complexity index is 1400. The molecule has 0 radical (unpaired) electrons. The number of para-hydroxylation sites is 1. The average Bonchev–Trinajstić information content (AvgIpc) is 3.28.